The lowest BCUT2D eigenvalue weighted by Crippen LogP contribution is -2.22. The molecule has 2 aliphatic rings. The molecular weight excluding hydrogens is 268 g/mol. The molecule has 0 saturated carbocycles. The van der Waals surface area contributed by atoms with Gasteiger partial charge in [0.15, 0.2) is 0 Å². The molecule has 0 N–H and O–H groups in total. The fourth-order valence-corrected chi connectivity index (χ4v) is 1.95. The first-order valence-corrected chi connectivity index (χ1v) is 8.07. The van der Waals surface area contributed by atoms with Crippen molar-refractivity contribution in [2.75, 3.05) is 0 Å². The van der Waals surface area contributed by atoms with Crippen LogP contribution in [0.3, 0.4) is 0 Å². The van der Waals surface area contributed by atoms with E-state index in [0.717, 1.165) is 0 Å². The maximum atomic E-state index is 4.07. The van der Waals surface area contributed by atoms with Crippen LogP contribution in [0.15, 0.2) is 58.7 Å². The maximum absolute atomic E-state index is 4.07. The summed E-state index contributed by atoms with van der Waals surface area (Å²) in [6.45, 7) is 13.3. The van der Waals surface area contributed by atoms with Crippen molar-refractivity contribution < 1.29 is 0 Å². The number of aliphatic imine (C=N–C) groups is 2. The molecule has 0 amide bonds. The molecule has 0 saturated heterocycles. The van der Waals surface area contributed by atoms with Crippen LogP contribution >= 0.6 is 0 Å². The Morgan fingerprint density at radius 2 is 1.23 bits per heavy atom. The van der Waals surface area contributed by atoms with Crippen LogP contribution in [0, 0.1) is 22.7 Å². The minimum absolute atomic E-state index is 0.0660. The van der Waals surface area contributed by atoms with Crippen LogP contribution < -0.4 is 0 Å². The first-order chi connectivity index (χ1) is 10.3. The summed E-state index contributed by atoms with van der Waals surface area (Å²) in [5.41, 5.74) is 0.306. The minimum atomic E-state index is 0.0660. The summed E-state index contributed by atoms with van der Waals surface area (Å²) in [4.78, 5) is 8.01. The van der Waals surface area contributed by atoms with Crippen LogP contribution in [0.5, 0.6) is 0 Å². The molecule has 2 heteroatoms. The lowest BCUT2D eigenvalue weighted by atomic mass is 9.79. The van der Waals surface area contributed by atoms with E-state index in [4.69, 9.17) is 0 Å². The molecular formula is C20H30N2. The van der Waals surface area contributed by atoms with Crippen LogP contribution in [-0.2, 0) is 0 Å². The maximum Gasteiger partial charge on any atom is 0.114 e. The Bertz CT molecular complexity index is 434. The van der Waals surface area contributed by atoms with E-state index in [1.165, 1.54) is 0 Å². The number of rotatable bonds is 2. The molecule has 0 spiro atoms. The topological polar surface area (TPSA) is 24.7 Å². The minimum Gasteiger partial charge on any atom is -0.248 e. The van der Waals surface area contributed by atoms with Crippen LogP contribution in [-0.4, -0.2) is 12.6 Å². The molecule has 0 aromatic heterocycles. The first kappa shape index (κ1) is 18.3. The number of allylic oxidation sites excluding steroid dienone is 7. The van der Waals surface area contributed by atoms with Crippen molar-refractivity contribution in [3.05, 3.63) is 48.7 Å². The molecule has 0 aromatic rings. The van der Waals surface area contributed by atoms with Gasteiger partial charge in [0.1, 0.15) is 6.34 Å². The summed E-state index contributed by atoms with van der Waals surface area (Å²) in [6.07, 6.45) is 20.3. The van der Waals surface area contributed by atoms with E-state index in [9.17, 15) is 0 Å². The van der Waals surface area contributed by atoms with E-state index < -0.39 is 0 Å². The second-order valence-corrected chi connectivity index (χ2v) is 7.00. The third-order valence-corrected chi connectivity index (χ3v) is 4.74. The van der Waals surface area contributed by atoms with Crippen molar-refractivity contribution in [3.8, 4) is 0 Å². The number of hydrogen-bond acceptors (Lipinski definition) is 2. The first-order valence-electron chi connectivity index (χ1n) is 8.07. The van der Waals surface area contributed by atoms with Gasteiger partial charge in [0.2, 0.25) is 0 Å². The molecule has 2 nitrogen and oxygen atoms in total. The van der Waals surface area contributed by atoms with Crippen molar-refractivity contribution in [1.82, 2.24) is 0 Å². The highest BCUT2D eigenvalue weighted by molar-refractivity contribution is 5.79. The Kier molecular flexibility index (Phi) is 6.73. The van der Waals surface area contributed by atoms with Gasteiger partial charge in [0, 0.05) is 23.2 Å². The van der Waals surface area contributed by atoms with Gasteiger partial charge in [-0.15, -0.1) is 0 Å². The highest BCUT2D eigenvalue weighted by Crippen LogP contribution is 2.31. The Balaban J connectivity index is 0.000000220. The molecule has 1 aliphatic heterocycles. The van der Waals surface area contributed by atoms with Gasteiger partial charge < -0.3 is 0 Å². The zero-order valence-corrected chi connectivity index (χ0v) is 14.8. The van der Waals surface area contributed by atoms with Crippen LogP contribution in [0.2, 0.25) is 0 Å². The predicted molar refractivity (Wildman–Crippen MR) is 99.4 cm³/mol. The number of nitrogens with zero attached hydrogens (tertiary/aromatic N) is 2. The molecule has 0 fully saturated rings. The Morgan fingerprint density at radius 1 is 0.682 bits per heavy atom. The van der Waals surface area contributed by atoms with Gasteiger partial charge in [-0.1, -0.05) is 84.1 Å². The van der Waals surface area contributed by atoms with E-state index >= 15 is 0 Å². The third-order valence-electron chi connectivity index (χ3n) is 4.74. The molecule has 1 heterocycles. The monoisotopic (exact) mass is 298 g/mol. The molecule has 120 valence electrons. The summed E-state index contributed by atoms with van der Waals surface area (Å²) >= 11 is 0. The number of hydrogen-bond donors (Lipinski definition) is 0. The summed E-state index contributed by atoms with van der Waals surface area (Å²) in [5.74, 6) is 1.22. The van der Waals surface area contributed by atoms with Crippen LogP contribution in [0.4, 0.5) is 0 Å². The van der Waals surface area contributed by atoms with E-state index in [1.807, 2.05) is 12.4 Å². The molecule has 0 aromatic carbocycles. The van der Waals surface area contributed by atoms with Crippen molar-refractivity contribution in [3.63, 3.8) is 0 Å². The average Bonchev–Trinajstić information content (AvgIpc) is 2.81. The van der Waals surface area contributed by atoms with E-state index in [2.05, 4.69) is 94.1 Å². The normalized spacial score (nSPS) is 25.1. The highest BCUT2D eigenvalue weighted by Gasteiger charge is 2.23. The second kappa shape index (κ2) is 8.07. The zero-order valence-electron chi connectivity index (χ0n) is 14.8. The van der Waals surface area contributed by atoms with Crippen molar-refractivity contribution >= 4 is 12.6 Å². The lowest BCUT2D eigenvalue weighted by Gasteiger charge is -2.26. The van der Waals surface area contributed by atoms with Gasteiger partial charge in [-0.05, 0) is 11.8 Å². The van der Waals surface area contributed by atoms with Gasteiger partial charge in [-0.2, -0.15) is 0 Å². The predicted octanol–water partition coefficient (Wildman–Crippen LogP) is 5.61. The van der Waals surface area contributed by atoms with Crippen LogP contribution in [0.25, 0.3) is 0 Å². The van der Waals surface area contributed by atoms with Gasteiger partial charge >= 0.3 is 0 Å². The molecule has 0 radical (unpaired) electrons. The summed E-state index contributed by atoms with van der Waals surface area (Å²) in [6, 6.07) is 0. The van der Waals surface area contributed by atoms with Crippen molar-refractivity contribution in [2.45, 2.75) is 41.5 Å². The third kappa shape index (κ3) is 5.25. The summed E-state index contributed by atoms with van der Waals surface area (Å²) in [7, 11) is 0. The molecule has 1 atom stereocenters. The zero-order chi connectivity index (χ0) is 16.6. The molecule has 2 rings (SSSR count). The van der Waals surface area contributed by atoms with Crippen molar-refractivity contribution in [2.24, 2.45) is 32.7 Å². The summed E-state index contributed by atoms with van der Waals surface area (Å²) in [5, 5.41) is 0. The Morgan fingerprint density at radius 3 is 1.73 bits per heavy atom. The fraction of sp³-hybridized carbons (Fsp3) is 0.500. The van der Waals surface area contributed by atoms with Crippen molar-refractivity contribution in [1.29, 1.82) is 0 Å². The standard InChI is InChI=1S/C11H16.C9H14N2/c1-10(2)11(3)8-6-4-5-7-9-11;1-8(2)9(3)4-5-10-7-11-6-9/h4-10H,1-3H3;4-8H,1-3H3. The smallest absolute Gasteiger partial charge is 0.114 e. The summed E-state index contributed by atoms with van der Waals surface area (Å²) < 4.78 is 0. The average molecular weight is 298 g/mol. The van der Waals surface area contributed by atoms with E-state index in [0.29, 0.717) is 11.8 Å². The van der Waals surface area contributed by atoms with Gasteiger partial charge in [0.05, 0.1) is 0 Å². The van der Waals surface area contributed by atoms with E-state index in [1.54, 1.807) is 6.34 Å². The van der Waals surface area contributed by atoms with E-state index in [-0.39, 0.29) is 10.8 Å². The SMILES string of the molecule is CC(C)C1(C)C=CC=CC=C1.CC(C)C1(C)C=CN=CN=C1. The largest absolute Gasteiger partial charge is 0.248 e. The van der Waals surface area contributed by atoms with Gasteiger partial charge in [-0.25, -0.2) is 9.98 Å². The molecule has 1 aliphatic carbocycles. The lowest BCUT2D eigenvalue weighted by molar-refractivity contribution is 0.383. The van der Waals surface area contributed by atoms with Gasteiger partial charge in [0.25, 0.3) is 0 Å². The molecule has 0 bridgehead atoms. The molecule has 1 unspecified atom stereocenters. The second-order valence-electron chi connectivity index (χ2n) is 7.00. The Labute approximate surface area is 136 Å². The fourth-order valence-electron chi connectivity index (χ4n) is 1.95. The van der Waals surface area contributed by atoms with Gasteiger partial charge in [-0.3, -0.25) is 0 Å². The quantitative estimate of drug-likeness (QED) is 0.633. The Hall–Kier alpha value is -1.70. The molecule has 22 heavy (non-hydrogen) atoms. The van der Waals surface area contributed by atoms with Crippen LogP contribution in [0.1, 0.15) is 41.5 Å². The highest BCUT2D eigenvalue weighted by atomic mass is 14.8.